The topological polar surface area (TPSA) is 9.72 Å². The third-order valence-electron chi connectivity index (χ3n) is 17.9. The van der Waals surface area contributed by atoms with Gasteiger partial charge < -0.3 is 14.7 Å². The van der Waals surface area contributed by atoms with Gasteiger partial charge in [0.25, 0.3) is 0 Å². The van der Waals surface area contributed by atoms with Crippen LogP contribution in [0.25, 0.3) is 104 Å². The van der Waals surface area contributed by atoms with Crippen molar-refractivity contribution in [3.05, 3.63) is 272 Å². The van der Waals surface area contributed by atoms with Gasteiger partial charge >= 0.3 is 0 Å². The molecular weight excluding hydrogens is 1060 g/mol. The molecule has 0 saturated carbocycles. The Morgan fingerprint density at radius 2 is 0.627 bits per heavy atom. The number of benzene rings is 13. The van der Waals surface area contributed by atoms with E-state index in [0.717, 1.165) is 39.8 Å². The molecule has 83 heavy (non-hydrogen) atoms. The van der Waals surface area contributed by atoms with Crippen LogP contribution in [0.2, 0.25) is 0 Å². The fourth-order valence-corrected chi connectivity index (χ4v) is 17.5. The van der Waals surface area contributed by atoms with Crippen molar-refractivity contribution in [2.45, 2.75) is 19.3 Å². The van der Waals surface area contributed by atoms with Crippen LogP contribution in [0.1, 0.15) is 25.0 Å². The molecule has 0 aliphatic carbocycles. The van der Waals surface area contributed by atoms with E-state index in [1.807, 2.05) is 34.0 Å². The van der Waals surface area contributed by atoms with Crippen LogP contribution >= 0.6 is 34.0 Å². The van der Waals surface area contributed by atoms with Crippen molar-refractivity contribution in [3.63, 3.8) is 0 Å². The first kappa shape index (κ1) is 47.1. The van der Waals surface area contributed by atoms with Gasteiger partial charge in [0.2, 0.25) is 0 Å². The molecule has 0 fully saturated rings. The number of hydrogen-bond acceptors (Lipinski definition) is 6. The van der Waals surface area contributed by atoms with Gasteiger partial charge in [0.15, 0.2) is 0 Å². The van der Waals surface area contributed by atoms with Crippen LogP contribution in [0.5, 0.6) is 0 Å². The Kier molecular flexibility index (Phi) is 10.1. The predicted molar refractivity (Wildman–Crippen MR) is 361 cm³/mol. The van der Waals surface area contributed by atoms with E-state index in [2.05, 4.69) is 289 Å². The minimum Gasteiger partial charge on any atom is -0.310 e. The third kappa shape index (κ3) is 6.89. The summed E-state index contributed by atoms with van der Waals surface area (Å²) < 4.78 is 7.75. The SMILES string of the molecule is CC1(C)c2ccccc2N(c2ccc3c(-c4ccc5sc6ccccc6c5c4)c4cc(N5c6ccccc6N(c6ccccc6)c6cc7c(cc65)sc5ccccc57)ccc4c(-c4ccc5sc6ccccc6c5c4)c3c2)c2ccccc21. The van der Waals surface area contributed by atoms with Crippen molar-refractivity contribution in [3.8, 4) is 22.3 Å². The molecule has 5 heterocycles. The van der Waals surface area contributed by atoms with Crippen LogP contribution in [0.4, 0.5) is 51.2 Å². The number of fused-ring (bicyclic) bond motifs is 15. The highest BCUT2D eigenvalue weighted by Crippen LogP contribution is 2.59. The maximum absolute atomic E-state index is 2.54. The van der Waals surface area contributed by atoms with E-state index in [0.29, 0.717) is 0 Å². The van der Waals surface area contributed by atoms with E-state index in [9.17, 15) is 0 Å². The van der Waals surface area contributed by atoms with E-state index in [1.54, 1.807) is 0 Å². The summed E-state index contributed by atoms with van der Waals surface area (Å²) in [5.41, 5.74) is 17.6. The lowest BCUT2D eigenvalue weighted by molar-refractivity contribution is 0.632. The van der Waals surface area contributed by atoms with Crippen molar-refractivity contribution in [1.29, 1.82) is 0 Å². The largest absolute Gasteiger partial charge is 0.310 e. The zero-order valence-electron chi connectivity index (χ0n) is 45.4. The van der Waals surface area contributed by atoms with Crippen LogP contribution < -0.4 is 14.7 Å². The Balaban J connectivity index is 0.962. The normalized spacial score (nSPS) is 13.7. The highest BCUT2D eigenvalue weighted by Gasteiger charge is 2.37. The van der Waals surface area contributed by atoms with Gasteiger partial charge in [0.05, 0.1) is 34.1 Å². The second kappa shape index (κ2) is 17.7. The zero-order chi connectivity index (χ0) is 54.7. The number of anilines is 9. The van der Waals surface area contributed by atoms with Crippen molar-refractivity contribution in [1.82, 2.24) is 0 Å². The average molecular weight is 1110 g/mol. The quantitative estimate of drug-likeness (QED) is 0.159. The summed E-state index contributed by atoms with van der Waals surface area (Å²) in [6.45, 7) is 4.74. The monoisotopic (exact) mass is 1110 g/mol. The average Bonchev–Trinajstić information content (AvgIpc) is 2.59. The van der Waals surface area contributed by atoms with Crippen molar-refractivity contribution >= 4 is 167 Å². The summed E-state index contributed by atoms with van der Waals surface area (Å²) >= 11 is 5.63. The van der Waals surface area contributed by atoms with Crippen LogP contribution in [0, 0.1) is 0 Å². The molecule has 390 valence electrons. The predicted octanol–water partition coefficient (Wildman–Crippen LogP) is 23.8. The lowest BCUT2D eigenvalue weighted by Crippen LogP contribution is -2.30. The Morgan fingerprint density at radius 3 is 1.14 bits per heavy atom. The lowest BCUT2D eigenvalue weighted by atomic mass is 9.73. The van der Waals surface area contributed by atoms with Gasteiger partial charge in [-0.15, -0.1) is 34.0 Å². The van der Waals surface area contributed by atoms with E-state index in [-0.39, 0.29) is 5.41 Å². The summed E-state index contributed by atoms with van der Waals surface area (Å²) in [6, 6.07) is 98.6. The van der Waals surface area contributed by atoms with Crippen molar-refractivity contribution < 1.29 is 0 Å². The molecule has 3 aromatic heterocycles. The van der Waals surface area contributed by atoms with Gasteiger partial charge in [0.1, 0.15) is 0 Å². The van der Waals surface area contributed by atoms with Gasteiger partial charge in [-0.2, -0.15) is 0 Å². The fraction of sp³-hybridized carbons (Fsp3) is 0.0390. The smallest absolute Gasteiger partial charge is 0.0717 e. The highest BCUT2D eigenvalue weighted by molar-refractivity contribution is 7.26. The second-order valence-electron chi connectivity index (χ2n) is 22.8. The summed E-state index contributed by atoms with van der Waals surface area (Å²) in [5, 5.41) is 12.6. The molecule has 0 N–H and O–H groups in total. The minimum atomic E-state index is -0.185. The van der Waals surface area contributed by atoms with Gasteiger partial charge in [-0.05, 0) is 170 Å². The molecular formula is C77H49N3S3. The van der Waals surface area contributed by atoms with E-state index in [4.69, 9.17) is 0 Å². The molecule has 2 aliphatic rings. The first-order valence-corrected chi connectivity index (χ1v) is 30.9. The molecule has 0 saturated heterocycles. The summed E-state index contributed by atoms with van der Waals surface area (Å²) in [7, 11) is 0. The van der Waals surface area contributed by atoms with E-state index >= 15 is 0 Å². The number of hydrogen-bond donors (Lipinski definition) is 0. The Morgan fingerprint density at radius 1 is 0.241 bits per heavy atom. The Hall–Kier alpha value is -9.56. The molecule has 0 atom stereocenters. The van der Waals surface area contributed by atoms with Gasteiger partial charge in [-0.1, -0.05) is 159 Å². The lowest BCUT2D eigenvalue weighted by Gasteiger charge is -2.42. The molecule has 0 radical (unpaired) electrons. The number of thiophene rings is 3. The van der Waals surface area contributed by atoms with E-state index < -0.39 is 0 Å². The maximum atomic E-state index is 2.54. The summed E-state index contributed by atoms with van der Waals surface area (Å²) in [4.78, 5) is 7.52. The van der Waals surface area contributed by atoms with Crippen LogP contribution in [-0.4, -0.2) is 0 Å². The third-order valence-corrected chi connectivity index (χ3v) is 21.3. The molecule has 16 aromatic rings. The molecule has 13 aromatic carbocycles. The standard InChI is InChI=1S/C77H49N3S3/c1-77(2)61-23-9-11-25-63(61)79(64-26-12-10-24-62(64)77)49-34-36-54-59(42-49)75(46-32-38-72-56(40-46)51-20-6-15-29-69(51)81-72)55-37-35-50(43-60(55)76(54)47-33-39-73-57(41-47)52-21-7-16-30-70(52)82-73)80-66-28-14-13-27-65(66)78(48-18-4-3-5-19-48)67-44-58-53-22-8-17-31-71(53)83-74(58)45-68(67)80/h3-45H,1-2H3. The zero-order valence-corrected chi connectivity index (χ0v) is 47.8. The van der Waals surface area contributed by atoms with Crippen LogP contribution in [-0.2, 0) is 5.41 Å². The molecule has 0 amide bonds. The second-order valence-corrected chi connectivity index (χ2v) is 26.0. The summed E-state index contributed by atoms with van der Waals surface area (Å²) in [6.07, 6.45) is 0. The first-order chi connectivity index (χ1) is 40.9. The Labute approximate surface area is 492 Å². The highest BCUT2D eigenvalue weighted by atomic mass is 32.1. The molecule has 0 unspecified atom stereocenters. The van der Waals surface area contributed by atoms with Crippen LogP contribution in [0.3, 0.4) is 0 Å². The molecule has 6 heteroatoms. The van der Waals surface area contributed by atoms with Gasteiger partial charge in [-0.25, -0.2) is 0 Å². The van der Waals surface area contributed by atoms with Crippen molar-refractivity contribution in [2.75, 3.05) is 14.7 Å². The van der Waals surface area contributed by atoms with Crippen molar-refractivity contribution in [2.24, 2.45) is 0 Å². The fourth-order valence-electron chi connectivity index (χ4n) is 14.2. The first-order valence-electron chi connectivity index (χ1n) is 28.5. The van der Waals surface area contributed by atoms with E-state index in [1.165, 1.54) is 127 Å². The molecule has 2 aliphatic heterocycles. The summed E-state index contributed by atoms with van der Waals surface area (Å²) in [5.74, 6) is 0. The molecule has 3 nitrogen and oxygen atoms in total. The molecule has 0 bridgehead atoms. The van der Waals surface area contributed by atoms with Gasteiger partial charge in [-0.3, -0.25) is 0 Å². The maximum Gasteiger partial charge on any atom is 0.0717 e. The minimum absolute atomic E-state index is 0.185. The number of rotatable bonds is 5. The number of nitrogens with zero attached hydrogens (tertiary/aromatic N) is 3. The molecule has 0 spiro atoms. The van der Waals surface area contributed by atoms with Gasteiger partial charge in [0, 0.05) is 83.0 Å². The number of para-hydroxylation sites is 5. The molecule has 18 rings (SSSR count). The Bertz CT molecular complexity index is 5360. The van der Waals surface area contributed by atoms with Crippen LogP contribution in [0.15, 0.2) is 261 Å².